The van der Waals surface area contributed by atoms with Gasteiger partial charge in [0, 0.05) is 6.10 Å². The SMILES string of the molecule is CC(O[Si](C)(C)Cc1ccccc1)C(C)(C)C. The summed E-state index contributed by atoms with van der Waals surface area (Å²) >= 11 is 0. The van der Waals surface area contributed by atoms with Gasteiger partial charge in [0.1, 0.15) is 0 Å². The predicted molar refractivity (Wildman–Crippen MR) is 77.6 cm³/mol. The standard InChI is InChI=1S/C15H26OSi/c1-13(15(2,3)4)16-17(5,6)12-14-10-8-7-9-11-14/h7-11,13H,12H2,1-6H3. The zero-order chi connectivity index (χ0) is 13.1. The summed E-state index contributed by atoms with van der Waals surface area (Å²) in [5.74, 6) is 0. The van der Waals surface area contributed by atoms with Crippen molar-refractivity contribution >= 4 is 8.32 Å². The summed E-state index contributed by atoms with van der Waals surface area (Å²) in [5.41, 5.74) is 1.62. The molecule has 0 spiro atoms. The second-order valence-corrected chi connectivity index (χ2v) is 10.7. The molecule has 0 aliphatic rings. The normalized spacial score (nSPS) is 14.7. The van der Waals surface area contributed by atoms with E-state index < -0.39 is 8.32 Å². The molecular formula is C15H26OSi. The highest BCUT2D eigenvalue weighted by atomic mass is 28.4. The summed E-state index contributed by atoms with van der Waals surface area (Å²) < 4.78 is 6.35. The third-order valence-corrected chi connectivity index (χ3v) is 5.44. The Labute approximate surface area is 107 Å². The topological polar surface area (TPSA) is 9.23 Å². The first-order valence-electron chi connectivity index (χ1n) is 6.42. The highest BCUT2D eigenvalue weighted by Gasteiger charge is 2.30. The molecule has 1 unspecified atom stereocenters. The summed E-state index contributed by atoms with van der Waals surface area (Å²) in [6, 6.07) is 11.8. The van der Waals surface area contributed by atoms with Gasteiger partial charge in [-0.2, -0.15) is 0 Å². The van der Waals surface area contributed by atoms with Gasteiger partial charge in [-0.05, 0) is 37.0 Å². The van der Waals surface area contributed by atoms with Crippen molar-refractivity contribution < 1.29 is 4.43 Å². The Kier molecular flexibility index (Phi) is 4.56. The highest BCUT2D eigenvalue weighted by molar-refractivity contribution is 6.70. The van der Waals surface area contributed by atoms with Crippen LogP contribution in [0.3, 0.4) is 0 Å². The Morgan fingerprint density at radius 2 is 1.65 bits per heavy atom. The lowest BCUT2D eigenvalue weighted by Crippen LogP contribution is -2.41. The second kappa shape index (κ2) is 5.36. The molecule has 1 aromatic rings. The summed E-state index contributed by atoms with van der Waals surface area (Å²) in [5, 5.41) is 0. The van der Waals surface area contributed by atoms with E-state index in [0.717, 1.165) is 6.04 Å². The summed E-state index contributed by atoms with van der Waals surface area (Å²) in [7, 11) is -1.62. The Morgan fingerprint density at radius 3 is 2.12 bits per heavy atom. The highest BCUT2D eigenvalue weighted by Crippen LogP contribution is 2.26. The van der Waals surface area contributed by atoms with E-state index in [1.165, 1.54) is 5.56 Å². The van der Waals surface area contributed by atoms with Crippen LogP contribution >= 0.6 is 0 Å². The van der Waals surface area contributed by atoms with Gasteiger partial charge in [0.15, 0.2) is 8.32 Å². The lowest BCUT2D eigenvalue weighted by molar-refractivity contribution is 0.0947. The van der Waals surface area contributed by atoms with Crippen LogP contribution in [0.5, 0.6) is 0 Å². The molecule has 1 aromatic carbocycles. The molecule has 0 saturated carbocycles. The fourth-order valence-corrected chi connectivity index (χ4v) is 4.40. The lowest BCUT2D eigenvalue weighted by atomic mass is 9.91. The molecule has 0 radical (unpaired) electrons. The first-order chi connectivity index (χ1) is 7.71. The van der Waals surface area contributed by atoms with Crippen LogP contribution in [0.2, 0.25) is 13.1 Å². The average Bonchev–Trinajstić information content (AvgIpc) is 2.16. The van der Waals surface area contributed by atoms with Gasteiger partial charge in [0.25, 0.3) is 0 Å². The van der Waals surface area contributed by atoms with Gasteiger partial charge >= 0.3 is 0 Å². The van der Waals surface area contributed by atoms with Crippen LogP contribution in [0.4, 0.5) is 0 Å². The maximum Gasteiger partial charge on any atom is 0.191 e. The molecule has 0 aliphatic carbocycles. The van der Waals surface area contributed by atoms with Crippen LogP contribution < -0.4 is 0 Å². The summed E-state index contributed by atoms with van der Waals surface area (Å²) in [4.78, 5) is 0. The molecule has 0 heterocycles. The van der Waals surface area contributed by atoms with E-state index in [2.05, 4.69) is 71.1 Å². The molecule has 2 heteroatoms. The Bertz CT molecular complexity index is 338. The monoisotopic (exact) mass is 250 g/mol. The van der Waals surface area contributed by atoms with Gasteiger partial charge in [-0.1, -0.05) is 51.1 Å². The van der Waals surface area contributed by atoms with Crippen molar-refractivity contribution in [1.82, 2.24) is 0 Å². The van der Waals surface area contributed by atoms with Gasteiger partial charge in [-0.25, -0.2) is 0 Å². The number of hydrogen-bond acceptors (Lipinski definition) is 1. The largest absolute Gasteiger partial charge is 0.414 e. The van der Waals surface area contributed by atoms with Crippen LogP contribution in [-0.2, 0) is 10.5 Å². The zero-order valence-corrected chi connectivity index (χ0v) is 13.1. The molecule has 0 bridgehead atoms. The fraction of sp³-hybridized carbons (Fsp3) is 0.600. The third-order valence-electron chi connectivity index (χ3n) is 3.19. The van der Waals surface area contributed by atoms with E-state index in [-0.39, 0.29) is 5.41 Å². The second-order valence-electron chi connectivity index (χ2n) is 6.55. The fourth-order valence-electron chi connectivity index (χ4n) is 1.78. The van der Waals surface area contributed by atoms with E-state index in [1.54, 1.807) is 0 Å². The number of benzene rings is 1. The zero-order valence-electron chi connectivity index (χ0n) is 12.1. The van der Waals surface area contributed by atoms with E-state index in [9.17, 15) is 0 Å². The number of rotatable bonds is 4. The van der Waals surface area contributed by atoms with Crippen LogP contribution in [0.15, 0.2) is 30.3 Å². The molecule has 1 atom stereocenters. The minimum absolute atomic E-state index is 0.223. The third kappa shape index (κ3) is 5.05. The molecule has 0 aromatic heterocycles. The maximum atomic E-state index is 6.35. The minimum Gasteiger partial charge on any atom is -0.414 e. The predicted octanol–water partition coefficient (Wildman–Crippen LogP) is 4.42. The molecule has 0 saturated heterocycles. The summed E-state index contributed by atoms with van der Waals surface area (Å²) in [6.45, 7) is 13.5. The van der Waals surface area contributed by atoms with E-state index in [0.29, 0.717) is 6.10 Å². The Hall–Kier alpha value is -0.603. The van der Waals surface area contributed by atoms with Crippen LogP contribution in [0, 0.1) is 5.41 Å². The molecule has 0 amide bonds. The lowest BCUT2D eigenvalue weighted by Gasteiger charge is -2.35. The van der Waals surface area contributed by atoms with Gasteiger partial charge in [0.2, 0.25) is 0 Å². The van der Waals surface area contributed by atoms with Crippen molar-refractivity contribution in [3.8, 4) is 0 Å². The van der Waals surface area contributed by atoms with Gasteiger partial charge < -0.3 is 4.43 Å². The molecule has 0 N–H and O–H groups in total. The molecule has 0 fully saturated rings. The van der Waals surface area contributed by atoms with Crippen molar-refractivity contribution in [3.63, 3.8) is 0 Å². The van der Waals surface area contributed by atoms with Gasteiger partial charge in [0.05, 0.1) is 0 Å². The molecule has 96 valence electrons. The van der Waals surface area contributed by atoms with Gasteiger partial charge in [-0.15, -0.1) is 0 Å². The van der Waals surface area contributed by atoms with Crippen molar-refractivity contribution in [3.05, 3.63) is 35.9 Å². The average molecular weight is 250 g/mol. The molecule has 1 nitrogen and oxygen atoms in total. The first kappa shape index (κ1) is 14.5. The molecular weight excluding hydrogens is 224 g/mol. The van der Waals surface area contributed by atoms with Crippen molar-refractivity contribution in [1.29, 1.82) is 0 Å². The summed E-state index contributed by atoms with van der Waals surface area (Å²) in [6.07, 6.45) is 0.313. The van der Waals surface area contributed by atoms with Gasteiger partial charge in [-0.3, -0.25) is 0 Å². The maximum absolute atomic E-state index is 6.35. The van der Waals surface area contributed by atoms with Crippen LogP contribution in [0.1, 0.15) is 33.3 Å². The molecule has 1 rings (SSSR count). The van der Waals surface area contributed by atoms with E-state index >= 15 is 0 Å². The van der Waals surface area contributed by atoms with Crippen LogP contribution in [0.25, 0.3) is 0 Å². The Balaban J connectivity index is 2.63. The number of hydrogen-bond donors (Lipinski definition) is 0. The van der Waals surface area contributed by atoms with Crippen molar-refractivity contribution in [2.75, 3.05) is 0 Å². The first-order valence-corrected chi connectivity index (χ1v) is 9.54. The van der Waals surface area contributed by atoms with Crippen molar-refractivity contribution in [2.24, 2.45) is 5.41 Å². The smallest absolute Gasteiger partial charge is 0.191 e. The Morgan fingerprint density at radius 1 is 1.12 bits per heavy atom. The van der Waals surface area contributed by atoms with Crippen molar-refractivity contribution in [2.45, 2.75) is 52.9 Å². The minimum atomic E-state index is -1.62. The van der Waals surface area contributed by atoms with E-state index in [4.69, 9.17) is 4.43 Å². The quantitative estimate of drug-likeness (QED) is 0.719. The van der Waals surface area contributed by atoms with E-state index in [1.807, 2.05) is 0 Å². The van der Waals surface area contributed by atoms with Crippen LogP contribution in [-0.4, -0.2) is 14.4 Å². The molecule has 17 heavy (non-hydrogen) atoms. The molecule has 0 aliphatic heterocycles.